The van der Waals surface area contributed by atoms with E-state index in [2.05, 4.69) is 25.9 Å². The van der Waals surface area contributed by atoms with E-state index in [1.807, 2.05) is 74.5 Å². The molecule has 1 heterocycles. The van der Waals surface area contributed by atoms with Crippen LogP contribution in [0.15, 0.2) is 73.2 Å². The quantitative estimate of drug-likeness (QED) is 0.206. The molecule has 11 nitrogen and oxygen atoms in total. The molecule has 0 fully saturated rings. The summed E-state index contributed by atoms with van der Waals surface area (Å²) in [6, 6.07) is 14.9. The zero-order valence-corrected chi connectivity index (χ0v) is 22.5. The molecule has 0 aliphatic rings. The van der Waals surface area contributed by atoms with E-state index < -0.39 is 42.0 Å². The van der Waals surface area contributed by atoms with Crippen molar-refractivity contribution in [1.82, 2.24) is 25.9 Å². The Balaban J connectivity index is 1.76. The third kappa shape index (κ3) is 9.90. The van der Waals surface area contributed by atoms with Gasteiger partial charge in [0.15, 0.2) is 0 Å². The summed E-state index contributed by atoms with van der Waals surface area (Å²) in [5.74, 6) is -2.45. The number of hydrogen-bond acceptors (Lipinski definition) is 6. The van der Waals surface area contributed by atoms with Gasteiger partial charge in [0, 0.05) is 24.7 Å². The van der Waals surface area contributed by atoms with Crippen LogP contribution in [0.5, 0.6) is 0 Å². The van der Waals surface area contributed by atoms with Crippen molar-refractivity contribution in [2.45, 2.75) is 57.8 Å². The predicted octanol–water partition coefficient (Wildman–Crippen LogP) is 2.59. The molecule has 3 rings (SSSR count). The maximum atomic E-state index is 13.5. The summed E-state index contributed by atoms with van der Waals surface area (Å²) in [5, 5.41) is 17.4. The van der Waals surface area contributed by atoms with Crippen LogP contribution in [-0.4, -0.2) is 57.1 Å². The summed E-state index contributed by atoms with van der Waals surface area (Å²) in [5.41, 5.74) is 2.13. The fourth-order valence-electron chi connectivity index (χ4n) is 4.03. The number of alkyl carbamates (subject to hydrolysis) is 1. The molecule has 0 saturated heterocycles. The van der Waals surface area contributed by atoms with Crippen LogP contribution < -0.4 is 16.0 Å². The molecule has 0 aliphatic carbocycles. The van der Waals surface area contributed by atoms with Gasteiger partial charge in [-0.05, 0) is 23.5 Å². The second-order valence-electron chi connectivity index (χ2n) is 9.82. The summed E-state index contributed by atoms with van der Waals surface area (Å²) in [6.45, 7) is 3.72. The molecule has 2 aromatic carbocycles. The number of carboxylic acids is 1. The standard InChI is InChI=1S/C29H35N5O6/c1-19(2)13-25(28(37)38)33-27(36)24(15-22-16-30-18-31-22)32-26(35)23(14-20-9-5-3-6-10-20)34-29(39)40-17-21-11-7-4-8-12-21/h3-12,16,18-19,23-25H,13-15,17H2,1-2H3,(H,30,31)(H,32,35)(H,33,36)(H,34,39)(H,37,38)/t23-,24+,25-/m0/s1. The highest BCUT2D eigenvalue weighted by molar-refractivity contribution is 5.93. The largest absolute Gasteiger partial charge is 0.480 e. The molecular formula is C29H35N5O6. The Morgan fingerprint density at radius 3 is 1.95 bits per heavy atom. The molecule has 0 unspecified atom stereocenters. The first kappa shape index (κ1) is 29.9. The number of aliphatic carboxylic acids is 1. The van der Waals surface area contributed by atoms with Crippen molar-refractivity contribution < 1.29 is 29.0 Å². The number of amides is 3. The molecule has 212 valence electrons. The third-order valence-corrected chi connectivity index (χ3v) is 6.04. The van der Waals surface area contributed by atoms with Crippen LogP contribution in [0.3, 0.4) is 0 Å². The first-order valence-corrected chi connectivity index (χ1v) is 13.0. The smallest absolute Gasteiger partial charge is 0.408 e. The maximum absolute atomic E-state index is 13.5. The van der Waals surface area contributed by atoms with Gasteiger partial charge in [-0.2, -0.15) is 0 Å². The van der Waals surface area contributed by atoms with Crippen molar-refractivity contribution >= 4 is 23.9 Å². The Kier molecular flexibility index (Phi) is 11.2. The van der Waals surface area contributed by atoms with Crippen molar-refractivity contribution in [3.8, 4) is 0 Å². The lowest BCUT2D eigenvalue weighted by Crippen LogP contribution is -2.57. The minimum absolute atomic E-state index is 0.0170. The molecule has 5 N–H and O–H groups in total. The maximum Gasteiger partial charge on any atom is 0.408 e. The first-order valence-electron chi connectivity index (χ1n) is 13.0. The van der Waals surface area contributed by atoms with Crippen LogP contribution in [0.2, 0.25) is 0 Å². The van der Waals surface area contributed by atoms with Crippen molar-refractivity contribution in [3.63, 3.8) is 0 Å². The highest BCUT2D eigenvalue weighted by Gasteiger charge is 2.30. The van der Waals surface area contributed by atoms with E-state index in [1.165, 1.54) is 12.5 Å². The lowest BCUT2D eigenvalue weighted by molar-refractivity contribution is -0.142. The Bertz CT molecular complexity index is 1230. The number of aromatic nitrogens is 2. The SMILES string of the molecule is CC(C)C[C@H](NC(=O)[C@@H](Cc1cnc[nH]1)NC(=O)[C@H](Cc1ccccc1)NC(=O)OCc1ccccc1)C(=O)O. The minimum Gasteiger partial charge on any atom is -0.480 e. The lowest BCUT2D eigenvalue weighted by atomic mass is 10.0. The number of H-pyrrole nitrogens is 1. The number of aromatic amines is 1. The fourth-order valence-corrected chi connectivity index (χ4v) is 4.03. The number of carboxylic acid groups (broad SMARTS) is 1. The van der Waals surface area contributed by atoms with E-state index in [0.717, 1.165) is 11.1 Å². The van der Waals surface area contributed by atoms with E-state index >= 15 is 0 Å². The Labute approximate surface area is 232 Å². The third-order valence-electron chi connectivity index (χ3n) is 6.04. The van der Waals surface area contributed by atoms with Crippen molar-refractivity contribution in [3.05, 3.63) is 90.0 Å². The monoisotopic (exact) mass is 549 g/mol. The normalized spacial score (nSPS) is 13.1. The Hall–Kier alpha value is -4.67. The van der Waals surface area contributed by atoms with E-state index in [1.54, 1.807) is 0 Å². The predicted molar refractivity (Wildman–Crippen MR) is 147 cm³/mol. The van der Waals surface area contributed by atoms with Crippen LogP contribution in [0.4, 0.5) is 4.79 Å². The topological polar surface area (TPSA) is 163 Å². The van der Waals surface area contributed by atoms with E-state index in [4.69, 9.17) is 4.74 Å². The molecule has 0 saturated carbocycles. The molecule has 0 bridgehead atoms. The van der Waals surface area contributed by atoms with Crippen LogP contribution in [-0.2, 0) is 38.6 Å². The molecule has 0 radical (unpaired) electrons. The molecule has 3 aromatic rings. The molecular weight excluding hydrogens is 514 g/mol. The van der Waals surface area contributed by atoms with Gasteiger partial charge in [-0.3, -0.25) is 9.59 Å². The number of carbonyl (C=O) groups is 4. The van der Waals surface area contributed by atoms with Crippen molar-refractivity contribution in [2.75, 3.05) is 0 Å². The number of carbonyl (C=O) groups excluding carboxylic acids is 3. The number of benzene rings is 2. The van der Waals surface area contributed by atoms with Crippen LogP contribution >= 0.6 is 0 Å². The summed E-state index contributed by atoms with van der Waals surface area (Å²) in [7, 11) is 0. The molecule has 40 heavy (non-hydrogen) atoms. The molecule has 1 aromatic heterocycles. The number of nitrogens with one attached hydrogen (secondary N) is 4. The van der Waals surface area contributed by atoms with Gasteiger partial charge >= 0.3 is 12.1 Å². The zero-order valence-electron chi connectivity index (χ0n) is 22.5. The number of imidazole rings is 1. The van der Waals surface area contributed by atoms with Crippen LogP contribution in [0.25, 0.3) is 0 Å². The summed E-state index contributed by atoms with van der Waals surface area (Å²) < 4.78 is 5.31. The van der Waals surface area contributed by atoms with Crippen molar-refractivity contribution in [1.29, 1.82) is 0 Å². The average Bonchev–Trinajstić information content (AvgIpc) is 3.45. The minimum atomic E-state index is -1.17. The van der Waals surface area contributed by atoms with E-state index in [9.17, 15) is 24.3 Å². The second-order valence-corrected chi connectivity index (χ2v) is 9.82. The van der Waals surface area contributed by atoms with Gasteiger partial charge in [0.2, 0.25) is 11.8 Å². The van der Waals surface area contributed by atoms with Gasteiger partial charge in [-0.25, -0.2) is 14.6 Å². The summed E-state index contributed by atoms with van der Waals surface area (Å²) in [4.78, 5) is 58.0. The van der Waals surface area contributed by atoms with Gasteiger partial charge < -0.3 is 30.8 Å². The number of nitrogens with zero attached hydrogens (tertiary/aromatic N) is 1. The average molecular weight is 550 g/mol. The highest BCUT2D eigenvalue weighted by atomic mass is 16.5. The molecule has 3 atom stereocenters. The summed E-state index contributed by atoms with van der Waals surface area (Å²) >= 11 is 0. The number of hydrogen-bond donors (Lipinski definition) is 5. The van der Waals surface area contributed by atoms with E-state index in [-0.39, 0.29) is 31.8 Å². The number of rotatable bonds is 14. The fraction of sp³-hybridized carbons (Fsp3) is 0.345. The molecule has 11 heteroatoms. The number of ether oxygens (including phenoxy) is 1. The molecule has 3 amide bonds. The lowest BCUT2D eigenvalue weighted by Gasteiger charge is -2.25. The zero-order chi connectivity index (χ0) is 28.9. The van der Waals surface area contributed by atoms with E-state index in [0.29, 0.717) is 5.69 Å². The summed E-state index contributed by atoms with van der Waals surface area (Å²) in [6.07, 6.45) is 2.54. The molecule has 0 aliphatic heterocycles. The Morgan fingerprint density at radius 2 is 1.40 bits per heavy atom. The van der Waals surface area contributed by atoms with Gasteiger partial charge in [-0.1, -0.05) is 74.5 Å². The Morgan fingerprint density at radius 1 is 0.825 bits per heavy atom. The van der Waals surface area contributed by atoms with Gasteiger partial charge in [-0.15, -0.1) is 0 Å². The van der Waals surface area contributed by atoms with Gasteiger partial charge in [0.25, 0.3) is 0 Å². The van der Waals surface area contributed by atoms with Gasteiger partial charge in [0.05, 0.1) is 6.33 Å². The first-order chi connectivity index (χ1) is 19.2. The van der Waals surface area contributed by atoms with Crippen LogP contribution in [0.1, 0.15) is 37.1 Å². The van der Waals surface area contributed by atoms with Crippen LogP contribution in [0, 0.1) is 5.92 Å². The van der Waals surface area contributed by atoms with Gasteiger partial charge in [0.1, 0.15) is 24.7 Å². The second kappa shape index (κ2) is 15.1. The van der Waals surface area contributed by atoms with Crippen molar-refractivity contribution in [2.24, 2.45) is 5.92 Å². The molecule has 0 spiro atoms. The highest BCUT2D eigenvalue weighted by Crippen LogP contribution is 2.09.